The van der Waals surface area contributed by atoms with Gasteiger partial charge < -0.3 is 5.11 Å². The summed E-state index contributed by atoms with van der Waals surface area (Å²) in [5.74, 6) is 1.52. The van der Waals surface area contributed by atoms with Crippen LogP contribution in [-0.2, 0) is 0 Å². The van der Waals surface area contributed by atoms with Crippen LogP contribution in [0.2, 0.25) is 0 Å². The van der Waals surface area contributed by atoms with E-state index in [1.54, 1.807) is 0 Å². The fraction of sp³-hybridized carbons (Fsp3) is 1.00. The average molecular weight is 211 g/mol. The van der Waals surface area contributed by atoms with Crippen molar-refractivity contribution >= 4 is 0 Å². The van der Waals surface area contributed by atoms with E-state index in [1.165, 1.54) is 19.4 Å². The molecule has 0 amide bonds. The van der Waals surface area contributed by atoms with E-state index in [4.69, 9.17) is 0 Å². The summed E-state index contributed by atoms with van der Waals surface area (Å²) >= 11 is 0. The molecule has 2 fully saturated rings. The second-order valence-corrected chi connectivity index (χ2v) is 6.15. The maximum Gasteiger partial charge on any atom is 0.0804 e. The van der Waals surface area contributed by atoms with Crippen molar-refractivity contribution in [2.24, 2.45) is 11.8 Å². The molecule has 2 atom stereocenters. The number of piperidine rings is 1. The molecule has 0 aromatic heterocycles. The number of nitrogens with zero attached hydrogens (tertiary/aromatic N) is 1. The third-order valence-corrected chi connectivity index (χ3v) is 3.90. The van der Waals surface area contributed by atoms with Crippen molar-refractivity contribution in [3.05, 3.63) is 0 Å². The van der Waals surface area contributed by atoms with E-state index in [-0.39, 0.29) is 5.60 Å². The van der Waals surface area contributed by atoms with Crippen molar-refractivity contribution in [2.45, 2.75) is 58.1 Å². The molecule has 0 radical (unpaired) electrons. The standard InChI is InChI=1S/C13H25NO/c1-10(2)8-14-9-11(3)4-5-12(14)13(15)6-7-13/h10-12,15H,4-9H2,1-3H3. The Bertz CT molecular complexity index is 221. The van der Waals surface area contributed by atoms with E-state index in [1.807, 2.05) is 0 Å². The van der Waals surface area contributed by atoms with Gasteiger partial charge in [0.25, 0.3) is 0 Å². The van der Waals surface area contributed by atoms with Crippen LogP contribution < -0.4 is 0 Å². The molecular formula is C13H25NO. The second-order valence-electron chi connectivity index (χ2n) is 6.15. The van der Waals surface area contributed by atoms with Crippen LogP contribution in [0.4, 0.5) is 0 Å². The van der Waals surface area contributed by atoms with Gasteiger partial charge in [0.2, 0.25) is 0 Å². The summed E-state index contributed by atoms with van der Waals surface area (Å²) in [6.45, 7) is 9.21. The highest BCUT2D eigenvalue weighted by Crippen LogP contribution is 2.44. The van der Waals surface area contributed by atoms with E-state index in [9.17, 15) is 5.11 Å². The number of likely N-dealkylation sites (tertiary alicyclic amines) is 1. The van der Waals surface area contributed by atoms with Crippen LogP contribution in [0.25, 0.3) is 0 Å². The van der Waals surface area contributed by atoms with Crippen LogP contribution >= 0.6 is 0 Å². The summed E-state index contributed by atoms with van der Waals surface area (Å²) in [4.78, 5) is 2.55. The quantitative estimate of drug-likeness (QED) is 0.774. The molecule has 88 valence electrons. The molecule has 1 saturated carbocycles. The van der Waals surface area contributed by atoms with E-state index in [0.29, 0.717) is 12.0 Å². The van der Waals surface area contributed by atoms with Crippen LogP contribution in [0, 0.1) is 11.8 Å². The minimum absolute atomic E-state index is 0.310. The zero-order chi connectivity index (χ0) is 11.1. The third kappa shape index (κ3) is 2.54. The molecule has 0 aromatic rings. The Hall–Kier alpha value is -0.0800. The molecule has 0 aromatic carbocycles. The van der Waals surface area contributed by atoms with Crippen molar-refractivity contribution in [1.82, 2.24) is 4.90 Å². The highest BCUT2D eigenvalue weighted by atomic mass is 16.3. The number of hydrogen-bond acceptors (Lipinski definition) is 2. The lowest BCUT2D eigenvalue weighted by molar-refractivity contribution is -0.01000. The van der Waals surface area contributed by atoms with E-state index < -0.39 is 0 Å². The summed E-state index contributed by atoms with van der Waals surface area (Å²) < 4.78 is 0. The molecule has 2 rings (SSSR count). The Morgan fingerprint density at radius 3 is 2.53 bits per heavy atom. The normalized spacial score (nSPS) is 35.8. The van der Waals surface area contributed by atoms with Gasteiger partial charge in [-0.1, -0.05) is 20.8 Å². The SMILES string of the molecule is CC(C)CN1CC(C)CCC1C1(O)CC1. The largest absolute Gasteiger partial charge is 0.388 e. The summed E-state index contributed by atoms with van der Waals surface area (Å²) in [6.07, 6.45) is 4.55. The minimum atomic E-state index is -0.310. The van der Waals surface area contributed by atoms with Gasteiger partial charge in [0.05, 0.1) is 5.60 Å². The Morgan fingerprint density at radius 1 is 1.33 bits per heavy atom. The first-order valence-electron chi connectivity index (χ1n) is 6.48. The molecular weight excluding hydrogens is 186 g/mol. The molecule has 1 N–H and O–H groups in total. The summed E-state index contributed by atoms with van der Waals surface area (Å²) in [7, 11) is 0. The molecule has 2 unspecified atom stereocenters. The van der Waals surface area contributed by atoms with Gasteiger partial charge in [-0.15, -0.1) is 0 Å². The predicted molar refractivity (Wildman–Crippen MR) is 62.8 cm³/mol. The van der Waals surface area contributed by atoms with Gasteiger partial charge in [0.1, 0.15) is 0 Å². The van der Waals surface area contributed by atoms with Gasteiger partial charge in [0, 0.05) is 19.1 Å². The van der Waals surface area contributed by atoms with E-state index in [2.05, 4.69) is 25.7 Å². The van der Waals surface area contributed by atoms with Gasteiger partial charge in [-0.3, -0.25) is 4.90 Å². The fourth-order valence-corrected chi connectivity index (χ4v) is 2.98. The summed E-state index contributed by atoms with van der Waals surface area (Å²) in [5.41, 5.74) is -0.310. The van der Waals surface area contributed by atoms with Crippen LogP contribution in [0.3, 0.4) is 0 Å². The molecule has 1 saturated heterocycles. The third-order valence-electron chi connectivity index (χ3n) is 3.90. The van der Waals surface area contributed by atoms with Gasteiger partial charge in [-0.2, -0.15) is 0 Å². The molecule has 15 heavy (non-hydrogen) atoms. The zero-order valence-corrected chi connectivity index (χ0v) is 10.4. The smallest absolute Gasteiger partial charge is 0.0804 e. The molecule has 2 nitrogen and oxygen atoms in total. The molecule has 1 heterocycles. The van der Waals surface area contributed by atoms with Crippen LogP contribution in [-0.4, -0.2) is 34.7 Å². The summed E-state index contributed by atoms with van der Waals surface area (Å²) in [5, 5.41) is 10.3. The average Bonchev–Trinajstić information content (AvgIpc) is 2.83. The lowest BCUT2D eigenvalue weighted by Gasteiger charge is -2.42. The molecule has 1 aliphatic carbocycles. The monoisotopic (exact) mass is 211 g/mol. The summed E-state index contributed by atoms with van der Waals surface area (Å²) in [6, 6.07) is 0.455. The van der Waals surface area contributed by atoms with Crippen molar-refractivity contribution < 1.29 is 5.11 Å². The minimum Gasteiger partial charge on any atom is -0.388 e. The molecule has 0 spiro atoms. The fourth-order valence-electron chi connectivity index (χ4n) is 2.98. The van der Waals surface area contributed by atoms with Crippen LogP contribution in [0.1, 0.15) is 46.5 Å². The zero-order valence-electron chi connectivity index (χ0n) is 10.4. The second kappa shape index (κ2) is 4.06. The van der Waals surface area contributed by atoms with Gasteiger partial charge in [-0.25, -0.2) is 0 Å². The molecule has 1 aliphatic heterocycles. The van der Waals surface area contributed by atoms with Crippen molar-refractivity contribution in [1.29, 1.82) is 0 Å². The Kier molecular flexibility index (Phi) is 3.09. The number of aliphatic hydroxyl groups is 1. The van der Waals surface area contributed by atoms with Crippen molar-refractivity contribution in [3.63, 3.8) is 0 Å². The number of rotatable bonds is 3. The highest BCUT2D eigenvalue weighted by Gasteiger charge is 2.50. The topological polar surface area (TPSA) is 23.5 Å². The first kappa shape index (κ1) is 11.4. The Morgan fingerprint density at radius 2 is 2.00 bits per heavy atom. The highest BCUT2D eigenvalue weighted by molar-refractivity contribution is 5.05. The lowest BCUT2D eigenvalue weighted by Crippen LogP contribution is -2.51. The molecule has 0 bridgehead atoms. The number of hydrogen-bond donors (Lipinski definition) is 1. The van der Waals surface area contributed by atoms with Gasteiger partial charge in [-0.05, 0) is 37.5 Å². The van der Waals surface area contributed by atoms with Crippen LogP contribution in [0.5, 0.6) is 0 Å². The van der Waals surface area contributed by atoms with Crippen molar-refractivity contribution in [3.8, 4) is 0 Å². The maximum absolute atomic E-state index is 10.3. The molecule has 2 heteroatoms. The first-order valence-corrected chi connectivity index (χ1v) is 6.48. The maximum atomic E-state index is 10.3. The Balaban J connectivity index is 2.00. The van der Waals surface area contributed by atoms with E-state index in [0.717, 1.165) is 25.3 Å². The van der Waals surface area contributed by atoms with Crippen LogP contribution in [0.15, 0.2) is 0 Å². The predicted octanol–water partition coefficient (Wildman–Crippen LogP) is 2.27. The lowest BCUT2D eigenvalue weighted by atomic mass is 9.89. The first-order chi connectivity index (χ1) is 7.01. The van der Waals surface area contributed by atoms with Gasteiger partial charge in [0.15, 0.2) is 0 Å². The Labute approximate surface area is 93.7 Å². The van der Waals surface area contributed by atoms with Crippen molar-refractivity contribution in [2.75, 3.05) is 13.1 Å². The molecule has 2 aliphatic rings. The van der Waals surface area contributed by atoms with Gasteiger partial charge >= 0.3 is 0 Å². The van der Waals surface area contributed by atoms with E-state index >= 15 is 0 Å².